The highest BCUT2D eigenvalue weighted by Crippen LogP contribution is 2.26. The molecule has 110 valence electrons. The van der Waals surface area contributed by atoms with Crippen LogP contribution in [0.2, 0.25) is 0 Å². The molecule has 1 atom stereocenters. The molecule has 0 saturated carbocycles. The Kier molecular flexibility index (Phi) is 5.65. The van der Waals surface area contributed by atoms with Gasteiger partial charge < -0.3 is 15.3 Å². The summed E-state index contributed by atoms with van der Waals surface area (Å²) < 4.78 is 1.05. The third-order valence-corrected chi connectivity index (χ3v) is 4.13. The van der Waals surface area contributed by atoms with Crippen molar-refractivity contribution in [2.24, 2.45) is 0 Å². The Morgan fingerprint density at radius 1 is 1.40 bits per heavy atom. The molecule has 0 spiro atoms. The zero-order valence-electron chi connectivity index (χ0n) is 11.7. The van der Waals surface area contributed by atoms with Gasteiger partial charge in [-0.15, -0.1) is 0 Å². The number of benzene rings is 1. The Morgan fingerprint density at radius 2 is 2.10 bits per heavy atom. The Labute approximate surface area is 133 Å². The molecule has 1 aromatic carbocycles. The average molecular weight is 388 g/mol. The van der Waals surface area contributed by atoms with Crippen molar-refractivity contribution >= 4 is 34.2 Å². The highest BCUT2D eigenvalue weighted by atomic mass is 127. The minimum absolute atomic E-state index is 0.106. The lowest BCUT2D eigenvalue weighted by Gasteiger charge is -2.30. The summed E-state index contributed by atoms with van der Waals surface area (Å²) in [5.41, 5.74) is 1.72. The van der Waals surface area contributed by atoms with Crippen molar-refractivity contribution < 1.29 is 9.90 Å². The van der Waals surface area contributed by atoms with Gasteiger partial charge in [-0.3, -0.25) is 4.79 Å². The summed E-state index contributed by atoms with van der Waals surface area (Å²) in [6, 6.07) is 5.99. The van der Waals surface area contributed by atoms with Crippen LogP contribution in [0.25, 0.3) is 0 Å². The van der Waals surface area contributed by atoms with Crippen LogP contribution in [-0.4, -0.2) is 36.8 Å². The number of aliphatic hydroxyl groups excluding tert-OH is 1. The van der Waals surface area contributed by atoms with E-state index in [1.165, 1.54) is 19.3 Å². The van der Waals surface area contributed by atoms with E-state index >= 15 is 0 Å². The second-order valence-electron chi connectivity index (χ2n) is 5.27. The minimum atomic E-state index is -0.528. The molecule has 2 N–H and O–H groups in total. The van der Waals surface area contributed by atoms with Gasteiger partial charge in [0.1, 0.15) is 0 Å². The van der Waals surface area contributed by atoms with Gasteiger partial charge in [0.25, 0.3) is 5.91 Å². The van der Waals surface area contributed by atoms with E-state index in [2.05, 4.69) is 32.8 Å². The summed E-state index contributed by atoms with van der Waals surface area (Å²) in [6.07, 6.45) is 3.10. The number of nitrogens with one attached hydrogen (secondary N) is 1. The Hall–Kier alpha value is -0.820. The monoisotopic (exact) mass is 388 g/mol. The van der Waals surface area contributed by atoms with Crippen LogP contribution in [-0.2, 0) is 0 Å². The van der Waals surface area contributed by atoms with Gasteiger partial charge in [-0.1, -0.05) is 0 Å². The largest absolute Gasteiger partial charge is 0.392 e. The molecule has 1 aliphatic rings. The maximum atomic E-state index is 12.3. The number of carbonyl (C=O) groups is 1. The van der Waals surface area contributed by atoms with Crippen molar-refractivity contribution in [3.63, 3.8) is 0 Å². The van der Waals surface area contributed by atoms with Gasteiger partial charge in [0, 0.05) is 28.9 Å². The summed E-state index contributed by atoms with van der Waals surface area (Å²) in [6.45, 7) is 3.97. The standard InChI is InChI=1S/C15H21IN2O2/c1-11(19)10-17-15(20)13-9-12(16)5-6-14(13)18-7-3-2-4-8-18/h5-6,9,11,19H,2-4,7-8,10H2,1H3,(H,17,20)/t11-/m0/s1. The van der Waals surface area contributed by atoms with E-state index in [4.69, 9.17) is 0 Å². The van der Waals surface area contributed by atoms with Crippen LogP contribution < -0.4 is 10.2 Å². The van der Waals surface area contributed by atoms with Crippen LogP contribution in [0.3, 0.4) is 0 Å². The van der Waals surface area contributed by atoms with E-state index in [-0.39, 0.29) is 12.5 Å². The normalized spacial score (nSPS) is 16.9. The van der Waals surface area contributed by atoms with Crippen molar-refractivity contribution in [3.05, 3.63) is 27.3 Å². The number of carbonyl (C=O) groups excluding carboxylic acids is 1. The van der Waals surface area contributed by atoms with Gasteiger partial charge in [-0.05, 0) is 67.0 Å². The smallest absolute Gasteiger partial charge is 0.253 e. The molecule has 1 saturated heterocycles. The molecule has 20 heavy (non-hydrogen) atoms. The molecule has 1 fully saturated rings. The van der Waals surface area contributed by atoms with Gasteiger partial charge in [-0.25, -0.2) is 0 Å². The number of piperidine rings is 1. The molecule has 2 rings (SSSR count). The number of aliphatic hydroxyl groups is 1. The van der Waals surface area contributed by atoms with Gasteiger partial charge >= 0.3 is 0 Å². The van der Waals surface area contributed by atoms with Crippen LogP contribution in [0.1, 0.15) is 36.5 Å². The number of halogens is 1. The summed E-state index contributed by atoms with van der Waals surface area (Å²) in [4.78, 5) is 14.6. The predicted octanol–water partition coefficient (Wildman–Crippen LogP) is 2.39. The lowest BCUT2D eigenvalue weighted by Crippen LogP contribution is -2.34. The van der Waals surface area contributed by atoms with E-state index < -0.39 is 6.10 Å². The quantitative estimate of drug-likeness (QED) is 0.779. The van der Waals surface area contributed by atoms with Gasteiger partial charge in [0.05, 0.1) is 11.7 Å². The van der Waals surface area contributed by atoms with Crippen LogP contribution in [0.5, 0.6) is 0 Å². The molecule has 1 heterocycles. The zero-order chi connectivity index (χ0) is 14.5. The van der Waals surface area contributed by atoms with E-state index in [1.807, 2.05) is 18.2 Å². The first-order valence-electron chi connectivity index (χ1n) is 7.08. The molecule has 1 amide bonds. The average Bonchev–Trinajstić information content (AvgIpc) is 2.45. The number of amides is 1. The van der Waals surface area contributed by atoms with Crippen LogP contribution in [0.4, 0.5) is 5.69 Å². The van der Waals surface area contributed by atoms with E-state index in [0.717, 1.165) is 22.3 Å². The molecule has 1 aromatic rings. The topological polar surface area (TPSA) is 52.6 Å². The first-order valence-corrected chi connectivity index (χ1v) is 8.16. The molecular formula is C15H21IN2O2. The SMILES string of the molecule is C[C@H](O)CNC(=O)c1cc(I)ccc1N1CCCCC1. The van der Waals surface area contributed by atoms with Crippen molar-refractivity contribution in [2.45, 2.75) is 32.3 Å². The Morgan fingerprint density at radius 3 is 2.75 bits per heavy atom. The maximum absolute atomic E-state index is 12.3. The lowest BCUT2D eigenvalue weighted by molar-refractivity contribution is 0.0924. The van der Waals surface area contributed by atoms with Gasteiger partial charge in [-0.2, -0.15) is 0 Å². The van der Waals surface area contributed by atoms with Crippen molar-refractivity contribution in [2.75, 3.05) is 24.5 Å². The lowest BCUT2D eigenvalue weighted by atomic mass is 10.1. The fourth-order valence-electron chi connectivity index (χ4n) is 2.44. The predicted molar refractivity (Wildman–Crippen MR) is 89.2 cm³/mol. The second kappa shape index (κ2) is 7.26. The fourth-order valence-corrected chi connectivity index (χ4v) is 2.93. The minimum Gasteiger partial charge on any atom is -0.392 e. The first kappa shape index (κ1) is 15.6. The molecule has 5 heteroatoms. The van der Waals surface area contributed by atoms with Gasteiger partial charge in [0.2, 0.25) is 0 Å². The molecule has 1 aliphatic heterocycles. The van der Waals surface area contributed by atoms with E-state index in [1.54, 1.807) is 6.92 Å². The van der Waals surface area contributed by atoms with E-state index in [0.29, 0.717) is 5.56 Å². The molecular weight excluding hydrogens is 367 g/mol. The third kappa shape index (κ3) is 4.09. The molecule has 0 aliphatic carbocycles. The van der Waals surface area contributed by atoms with Crippen molar-refractivity contribution in [3.8, 4) is 0 Å². The molecule has 0 unspecified atom stereocenters. The summed E-state index contributed by atoms with van der Waals surface area (Å²) in [5.74, 6) is -0.106. The second-order valence-corrected chi connectivity index (χ2v) is 6.51. The maximum Gasteiger partial charge on any atom is 0.253 e. The third-order valence-electron chi connectivity index (χ3n) is 3.46. The fraction of sp³-hybridized carbons (Fsp3) is 0.533. The summed E-state index contributed by atoms with van der Waals surface area (Å²) in [7, 11) is 0. The summed E-state index contributed by atoms with van der Waals surface area (Å²) in [5, 5.41) is 12.1. The Bertz CT molecular complexity index is 471. The number of hydrogen-bond donors (Lipinski definition) is 2. The van der Waals surface area contributed by atoms with Gasteiger partial charge in [0.15, 0.2) is 0 Å². The number of anilines is 1. The zero-order valence-corrected chi connectivity index (χ0v) is 13.9. The number of rotatable bonds is 4. The molecule has 0 aromatic heterocycles. The molecule has 0 radical (unpaired) electrons. The number of hydrogen-bond acceptors (Lipinski definition) is 3. The first-order chi connectivity index (χ1) is 9.58. The number of nitrogens with zero attached hydrogens (tertiary/aromatic N) is 1. The van der Waals surface area contributed by atoms with Crippen molar-refractivity contribution in [1.29, 1.82) is 0 Å². The van der Waals surface area contributed by atoms with E-state index in [9.17, 15) is 9.90 Å². The highest BCUT2D eigenvalue weighted by Gasteiger charge is 2.19. The highest BCUT2D eigenvalue weighted by molar-refractivity contribution is 14.1. The van der Waals surface area contributed by atoms with Crippen LogP contribution >= 0.6 is 22.6 Å². The summed E-state index contributed by atoms with van der Waals surface area (Å²) >= 11 is 2.22. The van der Waals surface area contributed by atoms with Crippen LogP contribution in [0, 0.1) is 3.57 Å². The Balaban J connectivity index is 2.20. The van der Waals surface area contributed by atoms with Crippen LogP contribution in [0.15, 0.2) is 18.2 Å². The molecule has 0 bridgehead atoms. The van der Waals surface area contributed by atoms with Crippen molar-refractivity contribution in [1.82, 2.24) is 5.32 Å². The molecule has 4 nitrogen and oxygen atoms in total.